The second-order valence-electron chi connectivity index (χ2n) is 5.94. The summed E-state index contributed by atoms with van der Waals surface area (Å²) in [5.41, 5.74) is 2.89. The average molecular weight is 453 g/mol. The maximum Gasteiger partial charge on any atom is 0.264 e. The van der Waals surface area contributed by atoms with Crippen LogP contribution in [0.1, 0.15) is 11.1 Å². The normalized spacial score (nSPS) is 11.2. The first-order chi connectivity index (χ1) is 13.8. The molecule has 0 unspecified atom stereocenters. The minimum Gasteiger partial charge on any atom is -0.483 e. The van der Waals surface area contributed by atoms with Crippen LogP contribution in [0.2, 0.25) is 5.02 Å². The summed E-state index contributed by atoms with van der Waals surface area (Å²) in [7, 11) is -3.89. The highest BCUT2D eigenvalue weighted by Gasteiger charge is 2.20. The minimum atomic E-state index is -3.89. The van der Waals surface area contributed by atoms with Crippen molar-refractivity contribution in [2.45, 2.75) is 18.4 Å². The lowest BCUT2D eigenvalue weighted by atomic mass is 10.2. The van der Waals surface area contributed by atoms with Crippen molar-refractivity contribution in [3.8, 4) is 5.75 Å². The van der Waals surface area contributed by atoms with Crippen LogP contribution in [0.4, 0.5) is 5.13 Å². The third-order valence-electron chi connectivity index (χ3n) is 3.79. The molecule has 3 aromatic rings. The van der Waals surface area contributed by atoms with Gasteiger partial charge in [0.2, 0.25) is 15.2 Å². The number of amides is 1. The van der Waals surface area contributed by atoms with Crippen LogP contribution in [0, 0.1) is 6.92 Å². The summed E-state index contributed by atoms with van der Waals surface area (Å²) >= 11 is 7.33. The zero-order chi connectivity index (χ0) is 20.9. The fourth-order valence-electron chi connectivity index (χ4n) is 2.37. The van der Waals surface area contributed by atoms with Gasteiger partial charge in [-0.3, -0.25) is 10.1 Å². The molecule has 2 aromatic carbocycles. The summed E-state index contributed by atoms with van der Waals surface area (Å²) in [5.74, 6) is -0.204. The van der Waals surface area contributed by atoms with Gasteiger partial charge in [0.15, 0.2) is 6.61 Å². The third-order valence-corrected chi connectivity index (χ3v) is 6.27. The lowest BCUT2D eigenvalue weighted by Crippen LogP contribution is -2.24. The molecule has 11 heteroatoms. The van der Waals surface area contributed by atoms with Gasteiger partial charge in [0.25, 0.3) is 5.91 Å². The highest BCUT2D eigenvalue weighted by molar-refractivity contribution is 7.89. The smallest absolute Gasteiger partial charge is 0.264 e. The summed E-state index contributed by atoms with van der Waals surface area (Å²) in [4.78, 5) is 11.8. The topological polar surface area (TPSA) is 110 Å². The van der Waals surface area contributed by atoms with Gasteiger partial charge in [0, 0.05) is 12.6 Å². The van der Waals surface area contributed by atoms with E-state index >= 15 is 0 Å². The fourth-order valence-corrected chi connectivity index (χ4v) is 4.45. The second-order valence-corrected chi connectivity index (χ2v) is 8.91. The SMILES string of the molecule is Cc1cc(Cl)c(S(=O)(=O)NCc2ccccc2)cc1OCC(=O)Nc1nncs1. The van der Waals surface area contributed by atoms with Crippen molar-refractivity contribution < 1.29 is 17.9 Å². The van der Waals surface area contributed by atoms with Crippen LogP contribution in [0.3, 0.4) is 0 Å². The number of hydrogen-bond acceptors (Lipinski definition) is 7. The van der Waals surface area contributed by atoms with E-state index < -0.39 is 15.9 Å². The van der Waals surface area contributed by atoms with Gasteiger partial charge in [-0.25, -0.2) is 13.1 Å². The van der Waals surface area contributed by atoms with Gasteiger partial charge in [-0.15, -0.1) is 10.2 Å². The highest BCUT2D eigenvalue weighted by Crippen LogP contribution is 2.30. The van der Waals surface area contributed by atoms with Crippen molar-refractivity contribution in [1.29, 1.82) is 0 Å². The Morgan fingerprint density at radius 3 is 2.69 bits per heavy atom. The van der Waals surface area contributed by atoms with Crippen LogP contribution in [0.5, 0.6) is 5.75 Å². The number of sulfonamides is 1. The Balaban J connectivity index is 1.71. The van der Waals surface area contributed by atoms with Crippen molar-refractivity contribution in [1.82, 2.24) is 14.9 Å². The molecule has 0 saturated heterocycles. The monoisotopic (exact) mass is 452 g/mol. The zero-order valence-electron chi connectivity index (χ0n) is 15.3. The number of hydrogen-bond donors (Lipinski definition) is 2. The molecule has 0 atom stereocenters. The standard InChI is InChI=1S/C18H17ClN4O4S2/c1-12-7-14(19)16(29(25,26)21-9-13-5-3-2-4-6-13)8-15(12)27-10-17(24)22-18-23-20-11-28-18/h2-8,11,21H,9-10H2,1H3,(H,22,23,24). The number of aryl methyl sites for hydroxylation is 1. The number of benzene rings is 2. The minimum absolute atomic E-state index is 0.0636. The first-order valence-corrected chi connectivity index (χ1v) is 11.1. The van der Waals surface area contributed by atoms with Gasteiger partial charge in [0.1, 0.15) is 16.2 Å². The van der Waals surface area contributed by atoms with E-state index in [9.17, 15) is 13.2 Å². The quantitative estimate of drug-likeness (QED) is 0.543. The van der Waals surface area contributed by atoms with Crippen molar-refractivity contribution in [2.75, 3.05) is 11.9 Å². The number of halogens is 1. The largest absolute Gasteiger partial charge is 0.483 e. The fraction of sp³-hybridized carbons (Fsp3) is 0.167. The molecule has 29 heavy (non-hydrogen) atoms. The molecule has 0 saturated carbocycles. The number of rotatable bonds is 8. The van der Waals surface area contributed by atoms with Crippen molar-refractivity contribution in [2.24, 2.45) is 0 Å². The molecule has 1 heterocycles. The first-order valence-electron chi connectivity index (χ1n) is 8.38. The Bertz CT molecular complexity index is 1090. The van der Waals surface area contributed by atoms with Crippen LogP contribution < -0.4 is 14.8 Å². The molecule has 0 bridgehead atoms. The summed E-state index contributed by atoms with van der Waals surface area (Å²) < 4.78 is 33.4. The van der Waals surface area contributed by atoms with E-state index in [4.69, 9.17) is 16.3 Å². The number of nitrogens with zero attached hydrogens (tertiary/aromatic N) is 2. The first kappa shape index (κ1) is 21.2. The maximum atomic E-state index is 12.7. The van der Waals surface area contributed by atoms with Crippen LogP contribution in [0.15, 0.2) is 52.9 Å². The van der Waals surface area contributed by atoms with E-state index in [2.05, 4.69) is 20.2 Å². The van der Waals surface area contributed by atoms with Crippen molar-refractivity contribution >= 4 is 44.0 Å². The molecule has 3 rings (SSSR count). The van der Waals surface area contributed by atoms with E-state index in [0.29, 0.717) is 10.7 Å². The van der Waals surface area contributed by atoms with Gasteiger partial charge in [-0.2, -0.15) is 0 Å². The highest BCUT2D eigenvalue weighted by atomic mass is 35.5. The molecule has 2 N–H and O–H groups in total. The van der Waals surface area contributed by atoms with Gasteiger partial charge in [-0.05, 0) is 24.1 Å². The predicted molar refractivity (Wildman–Crippen MR) is 111 cm³/mol. The molecule has 0 aliphatic heterocycles. The summed E-state index contributed by atoms with van der Waals surface area (Å²) in [6.07, 6.45) is 0. The molecule has 8 nitrogen and oxygen atoms in total. The Morgan fingerprint density at radius 1 is 1.24 bits per heavy atom. The van der Waals surface area contributed by atoms with Gasteiger partial charge >= 0.3 is 0 Å². The predicted octanol–water partition coefficient (Wildman–Crippen LogP) is 3.00. The Kier molecular flexibility index (Phi) is 6.80. The van der Waals surface area contributed by atoms with Crippen LogP contribution in [-0.2, 0) is 21.4 Å². The molecular formula is C18H17ClN4O4S2. The number of anilines is 1. The lowest BCUT2D eigenvalue weighted by molar-refractivity contribution is -0.118. The Hall–Kier alpha value is -2.53. The van der Waals surface area contributed by atoms with Crippen LogP contribution >= 0.6 is 22.9 Å². The van der Waals surface area contributed by atoms with Crippen LogP contribution in [-0.4, -0.2) is 31.1 Å². The third kappa shape index (κ3) is 5.73. The molecule has 0 fully saturated rings. The number of carbonyl (C=O) groups is 1. The molecule has 152 valence electrons. The zero-order valence-corrected chi connectivity index (χ0v) is 17.6. The number of nitrogens with one attached hydrogen (secondary N) is 2. The second kappa shape index (κ2) is 9.31. The van der Waals surface area contributed by atoms with Gasteiger partial charge < -0.3 is 4.74 Å². The molecule has 0 aliphatic rings. The van der Waals surface area contributed by atoms with E-state index in [0.717, 1.165) is 5.56 Å². The summed E-state index contributed by atoms with van der Waals surface area (Å²) in [6.45, 7) is 1.50. The lowest BCUT2D eigenvalue weighted by Gasteiger charge is -2.13. The number of ether oxygens (including phenoxy) is 1. The Labute approximate surface area is 176 Å². The van der Waals surface area contributed by atoms with Crippen molar-refractivity contribution in [3.05, 3.63) is 64.1 Å². The van der Waals surface area contributed by atoms with Gasteiger partial charge in [0.05, 0.1) is 5.02 Å². The number of carbonyl (C=O) groups excluding carboxylic acids is 1. The molecule has 1 amide bonds. The van der Waals surface area contributed by atoms with E-state index in [1.165, 1.54) is 29.0 Å². The number of aromatic nitrogens is 2. The molecular weight excluding hydrogens is 436 g/mol. The van der Waals surface area contributed by atoms with E-state index in [1.54, 1.807) is 6.92 Å². The summed E-state index contributed by atoms with van der Waals surface area (Å²) in [5, 5.41) is 10.3. The summed E-state index contributed by atoms with van der Waals surface area (Å²) in [6, 6.07) is 11.9. The Morgan fingerprint density at radius 2 is 2.00 bits per heavy atom. The molecule has 0 aliphatic carbocycles. The molecule has 0 radical (unpaired) electrons. The average Bonchev–Trinajstić information content (AvgIpc) is 3.19. The maximum absolute atomic E-state index is 12.7. The van der Waals surface area contributed by atoms with E-state index in [-0.39, 0.29) is 28.8 Å². The van der Waals surface area contributed by atoms with Crippen molar-refractivity contribution in [3.63, 3.8) is 0 Å². The van der Waals surface area contributed by atoms with Crippen LogP contribution in [0.25, 0.3) is 0 Å². The van der Waals surface area contributed by atoms with E-state index in [1.807, 2.05) is 30.3 Å². The molecule has 0 spiro atoms. The molecule has 1 aromatic heterocycles. The van der Waals surface area contributed by atoms with Gasteiger partial charge in [-0.1, -0.05) is 53.3 Å².